The van der Waals surface area contributed by atoms with Crippen LogP contribution in [0.2, 0.25) is 0 Å². The summed E-state index contributed by atoms with van der Waals surface area (Å²) in [6, 6.07) is 16.4. The van der Waals surface area contributed by atoms with Crippen LogP contribution in [0.4, 0.5) is 10.1 Å². The molecule has 0 bridgehead atoms. The van der Waals surface area contributed by atoms with Gasteiger partial charge in [0.2, 0.25) is 5.91 Å². The average molecular weight is 393 g/mol. The third-order valence-corrected chi connectivity index (χ3v) is 5.24. The van der Waals surface area contributed by atoms with E-state index in [1.165, 1.54) is 17.8 Å². The summed E-state index contributed by atoms with van der Waals surface area (Å²) in [6.07, 6.45) is 3.46. The molecule has 0 radical (unpaired) electrons. The van der Waals surface area contributed by atoms with E-state index in [0.717, 1.165) is 25.1 Å². The van der Waals surface area contributed by atoms with E-state index in [1.807, 2.05) is 6.07 Å². The third-order valence-electron chi connectivity index (χ3n) is 5.24. The number of halogens is 1. The summed E-state index contributed by atoms with van der Waals surface area (Å²) >= 11 is 0. The number of nitrogens with zero attached hydrogens (tertiary/aromatic N) is 2. The molecule has 150 valence electrons. The van der Waals surface area contributed by atoms with Crippen molar-refractivity contribution in [3.63, 3.8) is 0 Å². The number of hydrogen-bond donors (Lipinski definition) is 1. The maximum Gasteiger partial charge on any atom is 0.220 e. The van der Waals surface area contributed by atoms with E-state index in [4.69, 9.17) is 4.42 Å². The molecule has 1 aliphatic rings. The number of oxazole rings is 1. The van der Waals surface area contributed by atoms with Crippen LogP contribution in [0.3, 0.4) is 0 Å². The number of amides is 1. The number of rotatable bonds is 7. The molecule has 1 N–H and O–H groups in total. The van der Waals surface area contributed by atoms with Crippen LogP contribution in [0, 0.1) is 11.7 Å². The van der Waals surface area contributed by atoms with Crippen molar-refractivity contribution in [2.24, 2.45) is 5.92 Å². The summed E-state index contributed by atoms with van der Waals surface area (Å²) in [5.41, 5.74) is 2.00. The molecule has 0 aliphatic carbocycles. The summed E-state index contributed by atoms with van der Waals surface area (Å²) in [4.78, 5) is 18.8. The lowest BCUT2D eigenvalue weighted by molar-refractivity contribution is -0.121. The van der Waals surface area contributed by atoms with Gasteiger partial charge in [-0.3, -0.25) is 4.79 Å². The summed E-state index contributed by atoms with van der Waals surface area (Å²) in [5, 5.41) is 3.03. The first-order valence-electron chi connectivity index (χ1n) is 9.95. The maximum atomic E-state index is 13.0. The minimum Gasteiger partial charge on any atom is -0.441 e. The van der Waals surface area contributed by atoms with Crippen molar-refractivity contribution in [1.29, 1.82) is 0 Å². The van der Waals surface area contributed by atoms with Crippen LogP contribution < -0.4 is 10.2 Å². The molecular formula is C23H24FN3O2. The van der Waals surface area contributed by atoms with Gasteiger partial charge in [0.25, 0.3) is 0 Å². The monoisotopic (exact) mass is 393 g/mol. The average Bonchev–Trinajstić information content (AvgIpc) is 3.42. The van der Waals surface area contributed by atoms with E-state index < -0.39 is 0 Å². The van der Waals surface area contributed by atoms with Crippen molar-refractivity contribution >= 4 is 11.6 Å². The standard InChI is InChI=1S/C23H24FN3O2/c24-19-8-6-18(7-9-19)21-15-26-23(29-21)11-10-22(28)25-14-17-12-13-27(16-17)20-4-2-1-3-5-20/h1-9,15,17H,10-14,16H2,(H,25,28). The fraction of sp³-hybridized carbons (Fsp3) is 0.304. The smallest absolute Gasteiger partial charge is 0.220 e. The van der Waals surface area contributed by atoms with Gasteiger partial charge in [-0.15, -0.1) is 0 Å². The van der Waals surface area contributed by atoms with E-state index in [1.54, 1.807) is 18.3 Å². The Balaban J connectivity index is 1.20. The number of hydrogen-bond acceptors (Lipinski definition) is 4. The number of anilines is 1. The third kappa shape index (κ3) is 5.02. The van der Waals surface area contributed by atoms with Gasteiger partial charge in [-0.1, -0.05) is 18.2 Å². The lowest BCUT2D eigenvalue weighted by atomic mass is 10.1. The Bertz CT molecular complexity index is 940. The Labute approximate surface area is 169 Å². The molecule has 1 atom stereocenters. The van der Waals surface area contributed by atoms with Crippen LogP contribution in [-0.2, 0) is 11.2 Å². The first-order valence-corrected chi connectivity index (χ1v) is 9.95. The molecule has 4 rings (SSSR count). The summed E-state index contributed by atoms with van der Waals surface area (Å²) in [7, 11) is 0. The second kappa shape index (κ2) is 8.90. The summed E-state index contributed by atoms with van der Waals surface area (Å²) < 4.78 is 18.7. The van der Waals surface area contributed by atoms with Crippen molar-refractivity contribution < 1.29 is 13.6 Å². The molecule has 29 heavy (non-hydrogen) atoms. The normalized spacial score (nSPS) is 16.2. The van der Waals surface area contributed by atoms with Crippen molar-refractivity contribution in [1.82, 2.24) is 10.3 Å². The second-order valence-corrected chi connectivity index (χ2v) is 7.37. The van der Waals surface area contributed by atoms with Gasteiger partial charge in [-0.05, 0) is 48.7 Å². The van der Waals surface area contributed by atoms with E-state index >= 15 is 0 Å². The van der Waals surface area contributed by atoms with E-state index in [-0.39, 0.29) is 11.7 Å². The first kappa shape index (κ1) is 19.2. The van der Waals surface area contributed by atoms with Gasteiger partial charge in [-0.2, -0.15) is 0 Å². The zero-order valence-corrected chi connectivity index (χ0v) is 16.2. The summed E-state index contributed by atoms with van der Waals surface area (Å²) in [5.74, 6) is 1.26. The molecule has 1 aromatic heterocycles. The van der Waals surface area contributed by atoms with Gasteiger partial charge in [0.1, 0.15) is 5.82 Å². The predicted octanol–water partition coefficient (Wildman–Crippen LogP) is 4.06. The van der Waals surface area contributed by atoms with Crippen LogP contribution in [-0.4, -0.2) is 30.5 Å². The van der Waals surface area contributed by atoms with E-state index in [2.05, 4.69) is 39.5 Å². The van der Waals surface area contributed by atoms with Gasteiger partial charge in [0.05, 0.1) is 6.20 Å². The SMILES string of the molecule is O=C(CCc1ncc(-c2ccc(F)cc2)o1)NCC1CCN(c2ccccc2)C1. The van der Waals surface area contributed by atoms with E-state index in [9.17, 15) is 9.18 Å². The largest absolute Gasteiger partial charge is 0.441 e. The molecule has 2 aromatic carbocycles. The highest BCUT2D eigenvalue weighted by molar-refractivity contribution is 5.76. The molecule has 3 aromatic rings. The highest BCUT2D eigenvalue weighted by atomic mass is 19.1. The summed E-state index contributed by atoms with van der Waals surface area (Å²) in [6.45, 7) is 2.67. The fourth-order valence-electron chi connectivity index (χ4n) is 3.61. The van der Waals surface area contributed by atoms with Gasteiger partial charge in [0.15, 0.2) is 11.7 Å². The predicted molar refractivity (Wildman–Crippen MR) is 110 cm³/mol. The van der Waals surface area contributed by atoms with Crippen LogP contribution in [0.1, 0.15) is 18.7 Å². The number of aromatic nitrogens is 1. The molecular weight excluding hydrogens is 369 g/mol. The number of aryl methyl sites for hydroxylation is 1. The molecule has 2 heterocycles. The van der Waals surface area contributed by atoms with Crippen molar-refractivity contribution in [2.45, 2.75) is 19.3 Å². The Morgan fingerprint density at radius 1 is 1.17 bits per heavy atom. The minimum atomic E-state index is -0.292. The molecule has 1 fully saturated rings. The topological polar surface area (TPSA) is 58.4 Å². The number of carbonyl (C=O) groups excluding carboxylic acids is 1. The van der Waals surface area contributed by atoms with Gasteiger partial charge >= 0.3 is 0 Å². The number of carbonyl (C=O) groups is 1. The Morgan fingerprint density at radius 3 is 2.76 bits per heavy atom. The number of nitrogens with one attached hydrogen (secondary N) is 1. The molecule has 0 saturated carbocycles. The molecule has 6 heteroatoms. The van der Waals surface area contributed by atoms with Crippen molar-refractivity contribution in [3.8, 4) is 11.3 Å². The van der Waals surface area contributed by atoms with Crippen LogP contribution >= 0.6 is 0 Å². The molecule has 0 spiro atoms. The maximum absolute atomic E-state index is 13.0. The molecule has 1 unspecified atom stereocenters. The molecule has 1 aliphatic heterocycles. The Hall–Kier alpha value is -3.15. The lowest BCUT2D eigenvalue weighted by Crippen LogP contribution is -2.31. The van der Waals surface area contributed by atoms with Gasteiger partial charge in [-0.25, -0.2) is 9.37 Å². The van der Waals surface area contributed by atoms with E-state index in [0.29, 0.717) is 37.0 Å². The second-order valence-electron chi connectivity index (χ2n) is 7.37. The van der Waals surface area contributed by atoms with Crippen LogP contribution in [0.25, 0.3) is 11.3 Å². The molecule has 1 amide bonds. The number of para-hydroxylation sites is 1. The fourth-order valence-corrected chi connectivity index (χ4v) is 3.61. The van der Waals surface area contributed by atoms with Crippen LogP contribution in [0.5, 0.6) is 0 Å². The highest BCUT2D eigenvalue weighted by Crippen LogP contribution is 2.23. The van der Waals surface area contributed by atoms with Gasteiger partial charge < -0.3 is 14.6 Å². The first-order chi connectivity index (χ1) is 14.2. The minimum absolute atomic E-state index is 0.00435. The van der Waals surface area contributed by atoms with Gasteiger partial charge in [0, 0.05) is 43.7 Å². The molecule has 5 nitrogen and oxygen atoms in total. The quantitative estimate of drug-likeness (QED) is 0.658. The zero-order chi connectivity index (χ0) is 20.1. The Kier molecular flexibility index (Phi) is 5.89. The molecule has 1 saturated heterocycles. The number of benzene rings is 2. The highest BCUT2D eigenvalue weighted by Gasteiger charge is 2.23. The van der Waals surface area contributed by atoms with Crippen molar-refractivity contribution in [2.75, 3.05) is 24.5 Å². The lowest BCUT2D eigenvalue weighted by Gasteiger charge is -2.18. The Morgan fingerprint density at radius 2 is 1.97 bits per heavy atom. The van der Waals surface area contributed by atoms with Crippen LogP contribution in [0.15, 0.2) is 65.2 Å². The van der Waals surface area contributed by atoms with Crippen molar-refractivity contribution in [3.05, 3.63) is 72.5 Å². The zero-order valence-electron chi connectivity index (χ0n) is 16.2.